The molecule has 0 radical (unpaired) electrons. The highest BCUT2D eigenvalue weighted by Gasteiger charge is 2.36. The highest BCUT2D eigenvalue weighted by molar-refractivity contribution is 7.69. The van der Waals surface area contributed by atoms with E-state index in [9.17, 15) is 9.36 Å². The van der Waals surface area contributed by atoms with Crippen LogP contribution in [0.1, 0.15) is 26.7 Å². The van der Waals surface area contributed by atoms with E-state index in [0.29, 0.717) is 0 Å². The Kier molecular flexibility index (Phi) is 4.39. The van der Waals surface area contributed by atoms with Gasteiger partial charge in [-0.15, -0.1) is 0 Å². The summed E-state index contributed by atoms with van der Waals surface area (Å²) in [6.45, 7) is 3.31. The van der Waals surface area contributed by atoms with Crippen molar-refractivity contribution in [2.24, 2.45) is 0 Å². The number of hydrogen-bond acceptors (Lipinski definition) is 3. The predicted octanol–water partition coefficient (Wildman–Crippen LogP) is 2.06. The Labute approximate surface area is 81.2 Å². The Bertz CT molecular complexity index is 231. The SMILES string of the molecule is CCC(Cl)(CC)OC(=O)P(=O)(O)O. The number of carbonyl (C=O) groups excluding carboxylic acids is 1. The van der Waals surface area contributed by atoms with Crippen LogP contribution in [0.3, 0.4) is 0 Å². The van der Waals surface area contributed by atoms with E-state index < -0.39 is 18.4 Å². The molecule has 0 aromatic carbocycles. The Morgan fingerprint density at radius 2 is 1.85 bits per heavy atom. The van der Waals surface area contributed by atoms with Gasteiger partial charge >= 0.3 is 13.3 Å². The van der Waals surface area contributed by atoms with Crippen LogP contribution < -0.4 is 0 Å². The van der Waals surface area contributed by atoms with Crippen molar-refractivity contribution in [2.45, 2.75) is 31.7 Å². The molecule has 0 heterocycles. The summed E-state index contributed by atoms with van der Waals surface area (Å²) in [5.41, 5.74) is -1.58. The molecule has 0 bridgehead atoms. The molecular weight excluding hydrogens is 218 g/mol. The molecule has 0 aromatic heterocycles. The van der Waals surface area contributed by atoms with Gasteiger partial charge in [0.2, 0.25) is 0 Å². The molecule has 0 aliphatic carbocycles. The van der Waals surface area contributed by atoms with Crippen LogP contribution >= 0.6 is 19.2 Å². The van der Waals surface area contributed by atoms with Crippen molar-refractivity contribution in [1.82, 2.24) is 0 Å². The summed E-state index contributed by atoms with van der Waals surface area (Å²) >= 11 is 5.72. The number of rotatable bonds is 4. The van der Waals surface area contributed by atoms with Gasteiger partial charge in [-0.25, -0.2) is 9.36 Å². The van der Waals surface area contributed by atoms with Crippen LogP contribution in [0.2, 0.25) is 0 Å². The van der Waals surface area contributed by atoms with Crippen LogP contribution in [0.5, 0.6) is 0 Å². The van der Waals surface area contributed by atoms with Crippen molar-refractivity contribution in [1.29, 1.82) is 0 Å². The number of carbonyl (C=O) groups is 1. The van der Waals surface area contributed by atoms with Crippen molar-refractivity contribution >= 4 is 24.9 Å². The molecule has 0 fully saturated rings. The topological polar surface area (TPSA) is 83.8 Å². The predicted molar refractivity (Wildman–Crippen MR) is 47.7 cm³/mol. The molecule has 0 rings (SSSR count). The zero-order valence-electron chi connectivity index (χ0n) is 7.36. The van der Waals surface area contributed by atoms with Crippen molar-refractivity contribution in [3.63, 3.8) is 0 Å². The van der Waals surface area contributed by atoms with E-state index in [4.69, 9.17) is 21.4 Å². The molecule has 13 heavy (non-hydrogen) atoms. The van der Waals surface area contributed by atoms with Crippen LogP contribution in [0.25, 0.3) is 0 Å². The first-order chi connectivity index (χ1) is 5.75. The van der Waals surface area contributed by atoms with E-state index >= 15 is 0 Å². The summed E-state index contributed by atoms with van der Waals surface area (Å²) in [5, 5.41) is -1.31. The van der Waals surface area contributed by atoms with E-state index in [2.05, 4.69) is 4.74 Å². The lowest BCUT2D eigenvalue weighted by atomic mass is 10.2. The van der Waals surface area contributed by atoms with Crippen molar-refractivity contribution in [2.75, 3.05) is 0 Å². The molecule has 0 aliphatic heterocycles. The van der Waals surface area contributed by atoms with Crippen LogP contribution in [0.15, 0.2) is 0 Å². The van der Waals surface area contributed by atoms with Gasteiger partial charge in [0.1, 0.15) is 0 Å². The highest BCUT2D eigenvalue weighted by atomic mass is 35.5. The number of halogens is 1. The molecule has 0 aliphatic rings. The molecule has 2 N–H and O–H groups in total. The maximum absolute atomic E-state index is 10.7. The molecule has 0 spiro atoms. The van der Waals surface area contributed by atoms with Crippen LogP contribution in [-0.2, 0) is 9.30 Å². The third kappa shape index (κ3) is 4.09. The molecule has 5 nitrogen and oxygen atoms in total. The Balaban J connectivity index is 4.44. The van der Waals surface area contributed by atoms with Crippen molar-refractivity contribution in [3.05, 3.63) is 0 Å². The molecule has 0 saturated heterocycles. The fourth-order valence-electron chi connectivity index (χ4n) is 0.610. The lowest BCUT2D eigenvalue weighted by Gasteiger charge is -2.23. The maximum atomic E-state index is 10.7. The lowest BCUT2D eigenvalue weighted by Crippen LogP contribution is -2.26. The Morgan fingerprint density at radius 3 is 2.08 bits per heavy atom. The second-order valence-electron chi connectivity index (χ2n) is 2.50. The van der Waals surface area contributed by atoms with E-state index in [1.54, 1.807) is 13.8 Å². The minimum atomic E-state index is -4.83. The van der Waals surface area contributed by atoms with Gasteiger partial charge in [0.05, 0.1) is 0 Å². The fraction of sp³-hybridized carbons (Fsp3) is 0.833. The van der Waals surface area contributed by atoms with Gasteiger partial charge in [0.25, 0.3) is 0 Å². The molecular formula is C6H12ClO5P. The third-order valence-electron chi connectivity index (χ3n) is 1.56. The first kappa shape index (κ1) is 12.9. The monoisotopic (exact) mass is 230 g/mol. The minimum Gasteiger partial charge on any atom is -0.434 e. The van der Waals surface area contributed by atoms with E-state index in [1.807, 2.05) is 0 Å². The molecule has 0 amide bonds. The van der Waals surface area contributed by atoms with Crippen LogP contribution in [0, 0.1) is 0 Å². The van der Waals surface area contributed by atoms with Crippen LogP contribution in [-0.4, -0.2) is 20.6 Å². The average Bonchev–Trinajstić information content (AvgIpc) is 2.02. The quantitative estimate of drug-likeness (QED) is 0.570. The second kappa shape index (κ2) is 4.42. The molecule has 78 valence electrons. The summed E-state index contributed by atoms with van der Waals surface area (Å²) in [4.78, 5) is 27.6. The summed E-state index contributed by atoms with van der Waals surface area (Å²) in [6.07, 6.45) is 0.577. The van der Waals surface area contributed by atoms with E-state index in [-0.39, 0.29) is 12.8 Å². The summed E-state index contributed by atoms with van der Waals surface area (Å²) in [6, 6.07) is 0. The van der Waals surface area contributed by atoms with E-state index in [0.717, 1.165) is 0 Å². The van der Waals surface area contributed by atoms with Gasteiger partial charge < -0.3 is 14.5 Å². The number of hydrogen-bond donors (Lipinski definition) is 2. The zero-order valence-corrected chi connectivity index (χ0v) is 9.01. The van der Waals surface area contributed by atoms with Gasteiger partial charge in [-0.3, -0.25) is 0 Å². The first-order valence-corrected chi connectivity index (χ1v) is 5.72. The number of ether oxygens (including phenoxy) is 1. The minimum absolute atomic E-state index is 0.288. The molecule has 0 saturated carbocycles. The fourth-order valence-corrected chi connectivity index (χ4v) is 1.03. The number of alkyl halides is 1. The molecule has 0 atom stereocenters. The van der Waals surface area contributed by atoms with Crippen molar-refractivity contribution < 1.29 is 23.9 Å². The Morgan fingerprint density at radius 1 is 1.46 bits per heavy atom. The normalized spacial score (nSPS) is 12.7. The summed E-state index contributed by atoms with van der Waals surface area (Å²) < 4.78 is 14.9. The van der Waals surface area contributed by atoms with Gasteiger partial charge in [-0.05, 0) is 12.8 Å². The van der Waals surface area contributed by atoms with Gasteiger partial charge in [0, 0.05) is 0 Å². The first-order valence-electron chi connectivity index (χ1n) is 3.73. The second-order valence-corrected chi connectivity index (χ2v) is 4.64. The van der Waals surface area contributed by atoms with Gasteiger partial charge in [-0.2, -0.15) is 0 Å². The van der Waals surface area contributed by atoms with Gasteiger partial charge in [0.15, 0.2) is 5.06 Å². The van der Waals surface area contributed by atoms with E-state index in [1.165, 1.54) is 0 Å². The molecule has 0 unspecified atom stereocenters. The third-order valence-corrected chi connectivity index (χ3v) is 2.74. The lowest BCUT2D eigenvalue weighted by molar-refractivity contribution is 0.0802. The summed E-state index contributed by atoms with van der Waals surface area (Å²) in [7, 11) is -4.83. The van der Waals surface area contributed by atoms with Crippen molar-refractivity contribution in [3.8, 4) is 0 Å². The summed E-state index contributed by atoms with van der Waals surface area (Å²) in [5.74, 6) is 0. The molecule has 7 heteroatoms. The molecule has 0 aromatic rings. The largest absolute Gasteiger partial charge is 0.434 e. The zero-order chi connectivity index (χ0) is 10.7. The Hall–Kier alpha value is -0.0900. The maximum Gasteiger partial charge on any atom is 0.433 e. The smallest absolute Gasteiger partial charge is 0.433 e. The highest BCUT2D eigenvalue weighted by Crippen LogP contribution is 2.40. The standard InChI is InChI=1S/C6H12ClO5P/c1-3-6(7,4-2)12-5(8)13(9,10)11/h3-4H2,1-2H3,(H2,9,10,11). The van der Waals surface area contributed by atoms with Gasteiger partial charge in [-0.1, -0.05) is 25.4 Å². The van der Waals surface area contributed by atoms with Crippen LogP contribution in [0.4, 0.5) is 4.79 Å². The average molecular weight is 231 g/mol.